The van der Waals surface area contributed by atoms with E-state index in [0.29, 0.717) is 25.1 Å². The Morgan fingerprint density at radius 2 is 1.81 bits per heavy atom. The third-order valence-corrected chi connectivity index (χ3v) is 6.41. The lowest BCUT2D eigenvalue weighted by Gasteiger charge is -2.38. The highest BCUT2D eigenvalue weighted by atomic mass is 16.5. The van der Waals surface area contributed by atoms with Gasteiger partial charge in [0, 0.05) is 26.1 Å². The van der Waals surface area contributed by atoms with Crippen molar-refractivity contribution in [1.29, 1.82) is 0 Å². The Kier molecular flexibility index (Phi) is 7.60. The Morgan fingerprint density at radius 3 is 2.41 bits per heavy atom. The van der Waals surface area contributed by atoms with Crippen molar-refractivity contribution in [2.75, 3.05) is 13.6 Å². The molecule has 5 nitrogen and oxygen atoms in total. The molecule has 0 radical (unpaired) electrons. The van der Waals surface area contributed by atoms with E-state index in [-0.39, 0.29) is 23.9 Å². The molecule has 0 bridgehead atoms. The van der Waals surface area contributed by atoms with Crippen molar-refractivity contribution >= 4 is 11.8 Å². The fraction of sp³-hybridized carbons (Fsp3) is 0.481. The molecule has 2 aromatic carbocycles. The highest BCUT2D eigenvalue weighted by molar-refractivity contribution is 5.81. The number of nitrogens with zero attached hydrogens (tertiary/aromatic N) is 2. The number of likely N-dealkylation sites (N-methyl/N-ethyl adjacent to an activating group) is 1. The van der Waals surface area contributed by atoms with Gasteiger partial charge in [0.1, 0.15) is 5.75 Å². The highest BCUT2D eigenvalue weighted by Crippen LogP contribution is 2.38. The fourth-order valence-electron chi connectivity index (χ4n) is 4.20. The summed E-state index contributed by atoms with van der Waals surface area (Å²) in [4.78, 5) is 29.4. The molecule has 1 aliphatic heterocycles. The first kappa shape index (κ1) is 23.8. The molecule has 0 spiro atoms. The Balaban J connectivity index is 1.98. The first-order valence-corrected chi connectivity index (χ1v) is 11.7. The maximum absolute atomic E-state index is 12.9. The quantitative estimate of drug-likeness (QED) is 0.620. The van der Waals surface area contributed by atoms with E-state index in [0.717, 1.165) is 17.5 Å². The van der Waals surface area contributed by atoms with Crippen LogP contribution in [0.5, 0.6) is 5.75 Å². The van der Waals surface area contributed by atoms with Crippen LogP contribution in [0.1, 0.15) is 68.8 Å². The number of carbonyl (C=O) groups is 2. The number of amides is 2. The Hall–Kier alpha value is -2.82. The Labute approximate surface area is 192 Å². The average molecular weight is 437 g/mol. The molecule has 1 aliphatic rings. The lowest BCUT2D eigenvalue weighted by molar-refractivity contribution is -0.139. The maximum Gasteiger partial charge on any atom is 0.263 e. The SMILES string of the molecule is CCC(=O)N1CCc2ccc(OC(CC)C(=O)N(C)C(C)C)cc2C1c1ccc(C)cc1. The van der Waals surface area contributed by atoms with Crippen molar-refractivity contribution in [3.8, 4) is 5.75 Å². The topological polar surface area (TPSA) is 49.9 Å². The maximum atomic E-state index is 12.9. The molecule has 2 aromatic rings. The summed E-state index contributed by atoms with van der Waals surface area (Å²) >= 11 is 0. The standard InChI is InChI=1S/C27H36N2O3/c1-7-24(27(31)28(6)18(3)4)32-22-14-13-20-15-16-29(25(30)8-2)26(23(20)17-22)21-11-9-19(5)10-12-21/h9-14,17-18,24,26H,7-8,15-16H2,1-6H3. The lowest BCUT2D eigenvalue weighted by Crippen LogP contribution is -2.43. The van der Waals surface area contributed by atoms with Crippen LogP contribution in [0.15, 0.2) is 42.5 Å². The van der Waals surface area contributed by atoms with Crippen LogP contribution in [-0.4, -0.2) is 47.4 Å². The predicted molar refractivity (Wildman–Crippen MR) is 128 cm³/mol. The summed E-state index contributed by atoms with van der Waals surface area (Å²) in [5.41, 5.74) is 4.59. The molecule has 2 amide bonds. The van der Waals surface area contributed by atoms with E-state index < -0.39 is 6.10 Å². The first-order valence-electron chi connectivity index (χ1n) is 11.7. The molecule has 1 heterocycles. The van der Waals surface area contributed by atoms with E-state index in [9.17, 15) is 9.59 Å². The minimum atomic E-state index is -0.532. The molecule has 5 heteroatoms. The van der Waals surface area contributed by atoms with Gasteiger partial charge in [0.05, 0.1) is 6.04 Å². The summed E-state index contributed by atoms with van der Waals surface area (Å²) in [6.45, 7) is 10.6. The fourth-order valence-corrected chi connectivity index (χ4v) is 4.20. The van der Waals surface area contributed by atoms with E-state index in [2.05, 4.69) is 37.3 Å². The summed E-state index contributed by atoms with van der Waals surface area (Å²) in [6, 6.07) is 14.4. The van der Waals surface area contributed by atoms with Crippen LogP contribution in [-0.2, 0) is 16.0 Å². The number of hydrogen-bond acceptors (Lipinski definition) is 3. The van der Waals surface area contributed by atoms with Gasteiger partial charge in [-0.1, -0.05) is 49.7 Å². The van der Waals surface area contributed by atoms with Gasteiger partial charge in [-0.15, -0.1) is 0 Å². The highest BCUT2D eigenvalue weighted by Gasteiger charge is 2.32. The minimum Gasteiger partial charge on any atom is -0.481 e. The van der Waals surface area contributed by atoms with E-state index in [1.807, 2.05) is 51.8 Å². The molecule has 2 unspecified atom stereocenters. The molecule has 0 fully saturated rings. The van der Waals surface area contributed by atoms with Crippen LogP contribution in [0.4, 0.5) is 0 Å². The molecule has 0 saturated carbocycles. The van der Waals surface area contributed by atoms with E-state index >= 15 is 0 Å². The Bertz CT molecular complexity index is 952. The number of rotatable bonds is 7. The molecule has 0 saturated heterocycles. The summed E-state index contributed by atoms with van der Waals surface area (Å²) in [6.07, 6.45) is 1.35. The van der Waals surface area contributed by atoms with Gasteiger partial charge in [-0.25, -0.2) is 0 Å². The number of ether oxygens (including phenoxy) is 1. The third kappa shape index (κ3) is 4.98. The third-order valence-electron chi connectivity index (χ3n) is 6.41. The van der Waals surface area contributed by atoms with Gasteiger partial charge in [0.2, 0.25) is 5.91 Å². The summed E-state index contributed by atoms with van der Waals surface area (Å²) in [5, 5.41) is 0. The van der Waals surface area contributed by atoms with E-state index in [1.165, 1.54) is 11.1 Å². The van der Waals surface area contributed by atoms with Crippen molar-refractivity contribution in [3.63, 3.8) is 0 Å². The molecular formula is C27H36N2O3. The zero-order valence-corrected chi connectivity index (χ0v) is 20.2. The predicted octanol–water partition coefficient (Wildman–Crippen LogP) is 4.90. The van der Waals surface area contributed by atoms with Crippen LogP contribution in [0.3, 0.4) is 0 Å². The van der Waals surface area contributed by atoms with Gasteiger partial charge in [-0.2, -0.15) is 0 Å². The van der Waals surface area contributed by atoms with Crippen molar-refractivity contribution in [3.05, 3.63) is 64.7 Å². The molecule has 0 aromatic heterocycles. The van der Waals surface area contributed by atoms with Crippen molar-refractivity contribution in [2.45, 2.75) is 72.1 Å². The molecule has 32 heavy (non-hydrogen) atoms. The zero-order valence-electron chi connectivity index (χ0n) is 20.2. The largest absolute Gasteiger partial charge is 0.481 e. The number of aryl methyl sites for hydroxylation is 1. The summed E-state index contributed by atoms with van der Waals surface area (Å²) in [5.74, 6) is 0.801. The van der Waals surface area contributed by atoms with Gasteiger partial charge in [0.25, 0.3) is 5.91 Å². The normalized spacial score (nSPS) is 16.5. The van der Waals surface area contributed by atoms with Crippen LogP contribution < -0.4 is 4.74 Å². The van der Waals surface area contributed by atoms with Gasteiger partial charge in [0.15, 0.2) is 6.10 Å². The molecule has 0 aliphatic carbocycles. The van der Waals surface area contributed by atoms with Crippen LogP contribution in [0.2, 0.25) is 0 Å². The number of fused-ring (bicyclic) bond motifs is 1. The summed E-state index contributed by atoms with van der Waals surface area (Å²) in [7, 11) is 1.81. The number of carbonyl (C=O) groups excluding carboxylic acids is 2. The van der Waals surface area contributed by atoms with Crippen LogP contribution in [0.25, 0.3) is 0 Å². The second kappa shape index (κ2) is 10.2. The zero-order chi connectivity index (χ0) is 23.4. The van der Waals surface area contributed by atoms with Gasteiger partial charge in [-0.05, 0) is 62.4 Å². The molecular weight excluding hydrogens is 400 g/mol. The second-order valence-electron chi connectivity index (χ2n) is 8.92. The monoisotopic (exact) mass is 436 g/mol. The lowest BCUT2D eigenvalue weighted by atomic mass is 9.87. The summed E-state index contributed by atoms with van der Waals surface area (Å²) < 4.78 is 6.19. The first-order chi connectivity index (χ1) is 15.3. The van der Waals surface area contributed by atoms with Crippen molar-refractivity contribution < 1.29 is 14.3 Å². The molecule has 172 valence electrons. The molecule has 2 atom stereocenters. The van der Waals surface area contributed by atoms with E-state index in [4.69, 9.17) is 4.74 Å². The average Bonchev–Trinajstić information content (AvgIpc) is 2.80. The molecule has 0 N–H and O–H groups in total. The van der Waals surface area contributed by atoms with Gasteiger partial charge >= 0.3 is 0 Å². The van der Waals surface area contributed by atoms with Crippen molar-refractivity contribution in [2.24, 2.45) is 0 Å². The number of hydrogen-bond donors (Lipinski definition) is 0. The van der Waals surface area contributed by atoms with Gasteiger partial charge in [-0.3, -0.25) is 9.59 Å². The van der Waals surface area contributed by atoms with Crippen molar-refractivity contribution in [1.82, 2.24) is 9.80 Å². The number of benzene rings is 2. The minimum absolute atomic E-state index is 0.0157. The molecule has 3 rings (SSSR count). The van der Waals surface area contributed by atoms with Crippen LogP contribution in [0, 0.1) is 6.92 Å². The second-order valence-corrected chi connectivity index (χ2v) is 8.92. The van der Waals surface area contributed by atoms with Gasteiger partial charge < -0.3 is 14.5 Å². The smallest absolute Gasteiger partial charge is 0.263 e. The van der Waals surface area contributed by atoms with Crippen LogP contribution >= 0.6 is 0 Å². The Morgan fingerprint density at radius 1 is 1.12 bits per heavy atom. The van der Waals surface area contributed by atoms with E-state index in [1.54, 1.807) is 4.90 Å².